The topological polar surface area (TPSA) is 54.0 Å². The van der Waals surface area contributed by atoms with Gasteiger partial charge in [-0.25, -0.2) is 4.98 Å². The highest BCUT2D eigenvalue weighted by atomic mass is 16.1. The van der Waals surface area contributed by atoms with Crippen LogP contribution in [0.2, 0.25) is 0 Å². The quantitative estimate of drug-likeness (QED) is 0.655. The van der Waals surface area contributed by atoms with Crippen LogP contribution in [0.1, 0.15) is 42.4 Å². The second-order valence-electron chi connectivity index (χ2n) is 7.55. The van der Waals surface area contributed by atoms with Crippen LogP contribution < -0.4 is 10.6 Å². The maximum Gasteiger partial charge on any atom is 0.274 e. The van der Waals surface area contributed by atoms with Crippen LogP contribution in [0.3, 0.4) is 0 Å². The van der Waals surface area contributed by atoms with Crippen molar-refractivity contribution in [2.45, 2.75) is 32.7 Å². The number of amides is 1. The van der Waals surface area contributed by atoms with E-state index < -0.39 is 0 Å². The van der Waals surface area contributed by atoms with Crippen LogP contribution in [0.15, 0.2) is 72.9 Å². The summed E-state index contributed by atoms with van der Waals surface area (Å²) in [6, 6.07) is 21.7. The molecule has 2 aromatic carbocycles. The molecule has 0 saturated carbocycles. The summed E-state index contributed by atoms with van der Waals surface area (Å²) >= 11 is 0. The van der Waals surface area contributed by atoms with Crippen LogP contribution >= 0.6 is 0 Å². The average Bonchev–Trinajstić information content (AvgIpc) is 2.67. The van der Waals surface area contributed by atoms with E-state index in [0.29, 0.717) is 12.2 Å². The lowest BCUT2D eigenvalue weighted by Crippen LogP contribution is -2.15. The van der Waals surface area contributed by atoms with Gasteiger partial charge in [0.15, 0.2) is 0 Å². The number of nitrogens with zero attached hydrogens (tertiary/aromatic N) is 1. The summed E-state index contributed by atoms with van der Waals surface area (Å²) in [7, 11) is 0. The fourth-order valence-electron chi connectivity index (χ4n) is 2.68. The summed E-state index contributed by atoms with van der Waals surface area (Å²) in [5, 5.41) is 6.20. The van der Waals surface area contributed by atoms with Crippen LogP contribution in [0.25, 0.3) is 0 Å². The van der Waals surface area contributed by atoms with E-state index >= 15 is 0 Å². The third-order valence-corrected chi connectivity index (χ3v) is 4.34. The number of hydrogen-bond acceptors (Lipinski definition) is 3. The van der Waals surface area contributed by atoms with Crippen LogP contribution in [-0.4, -0.2) is 10.9 Å². The van der Waals surface area contributed by atoms with E-state index in [4.69, 9.17) is 0 Å². The Morgan fingerprint density at radius 1 is 0.889 bits per heavy atom. The molecule has 2 N–H and O–H groups in total. The van der Waals surface area contributed by atoms with Crippen molar-refractivity contribution in [3.63, 3.8) is 0 Å². The van der Waals surface area contributed by atoms with Gasteiger partial charge in [0.25, 0.3) is 5.91 Å². The third kappa shape index (κ3) is 5.17. The lowest BCUT2D eigenvalue weighted by Gasteiger charge is -2.19. The zero-order valence-corrected chi connectivity index (χ0v) is 16.0. The standard InChI is InChI=1S/C23H25N3O/c1-23(2,3)18-9-11-19(12-10-18)26-22(27)21-14-13-20(16-25-21)24-15-17-7-5-4-6-8-17/h4-14,16,24H,15H2,1-3H3,(H,26,27). The predicted octanol–water partition coefficient (Wildman–Crippen LogP) is 5.24. The Hall–Kier alpha value is -3.14. The van der Waals surface area contributed by atoms with Gasteiger partial charge in [0.1, 0.15) is 5.69 Å². The second-order valence-corrected chi connectivity index (χ2v) is 7.55. The lowest BCUT2D eigenvalue weighted by molar-refractivity contribution is 0.102. The van der Waals surface area contributed by atoms with Crippen molar-refractivity contribution in [2.24, 2.45) is 0 Å². The molecule has 0 atom stereocenters. The Labute approximate surface area is 160 Å². The van der Waals surface area contributed by atoms with Crippen LogP contribution in [0.4, 0.5) is 11.4 Å². The third-order valence-electron chi connectivity index (χ3n) is 4.34. The number of hydrogen-bond donors (Lipinski definition) is 2. The van der Waals surface area contributed by atoms with Gasteiger partial charge in [-0.05, 0) is 40.8 Å². The van der Waals surface area contributed by atoms with Gasteiger partial charge in [0.2, 0.25) is 0 Å². The number of carbonyl (C=O) groups is 1. The molecule has 138 valence electrons. The Morgan fingerprint density at radius 3 is 2.15 bits per heavy atom. The number of aromatic nitrogens is 1. The van der Waals surface area contributed by atoms with Gasteiger partial charge in [-0.1, -0.05) is 63.2 Å². The van der Waals surface area contributed by atoms with Crippen LogP contribution in [-0.2, 0) is 12.0 Å². The normalized spacial score (nSPS) is 11.1. The summed E-state index contributed by atoms with van der Waals surface area (Å²) in [6.07, 6.45) is 1.68. The fourth-order valence-corrected chi connectivity index (χ4v) is 2.68. The molecular formula is C23H25N3O. The average molecular weight is 359 g/mol. The van der Waals surface area contributed by atoms with E-state index in [1.54, 1.807) is 12.3 Å². The summed E-state index contributed by atoms with van der Waals surface area (Å²) in [5.41, 5.74) is 4.55. The van der Waals surface area contributed by atoms with Gasteiger partial charge >= 0.3 is 0 Å². The smallest absolute Gasteiger partial charge is 0.274 e. The van der Waals surface area contributed by atoms with Gasteiger partial charge in [0, 0.05) is 12.2 Å². The molecule has 0 aliphatic carbocycles. The highest BCUT2D eigenvalue weighted by Gasteiger charge is 2.13. The molecule has 1 aromatic heterocycles. The molecule has 0 saturated heterocycles. The number of carbonyl (C=O) groups excluding carboxylic acids is 1. The second kappa shape index (κ2) is 8.04. The molecule has 0 fully saturated rings. The molecule has 4 heteroatoms. The molecule has 1 heterocycles. The molecule has 3 rings (SSSR count). The minimum atomic E-state index is -0.215. The van der Waals surface area contributed by atoms with Crippen molar-refractivity contribution >= 4 is 17.3 Å². The SMILES string of the molecule is CC(C)(C)c1ccc(NC(=O)c2ccc(NCc3ccccc3)cn2)cc1. The highest BCUT2D eigenvalue weighted by molar-refractivity contribution is 6.02. The summed E-state index contributed by atoms with van der Waals surface area (Å²) in [4.78, 5) is 16.7. The van der Waals surface area contributed by atoms with Crippen LogP contribution in [0, 0.1) is 0 Å². The maximum absolute atomic E-state index is 12.4. The first kappa shape index (κ1) is 18.6. The van der Waals surface area contributed by atoms with E-state index in [9.17, 15) is 4.79 Å². The molecule has 0 spiro atoms. The van der Waals surface area contributed by atoms with E-state index in [0.717, 1.165) is 11.4 Å². The monoisotopic (exact) mass is 359 g/mol. The summed E-state index contributed by atoms with van der Waals surface area (Å²) < 4.78 is 0. The van der Waals surface area contributed by atoms with Gasteiger partial charge in [-0.2, -0.15) is 0 Å². The largest absolute Gasteiger partial charge is 0.380 e. The Morgan fingerprint density at radius 2 is 1.56 bits per heavy atom. The molecule has 0 radical (unpaired) electrons. The van der Waals surface area contributed by atoms with E-state index in [1.165, 1.54) is 11.1 Å². The number of nitrogens with one attached hydrogen (secondary N) is 2. The molecule has 0 bridgehead atoms. The summed E-state index contributed by atoms with van der Waals surface area (Å²) in [5.74, 6) is -0.215. The summed E-state index contributed by atoms with van der Waals surface area (Å²) in [6.45, 7) is 7.21. The zero-order chi connectivity index (χ0) is 19.3. The van der Waals surface area contributed by atoms with Crippen molar-refractivity contribution in [1.29, 1.82) is 0 Å². The molecule has 0 unspecified atom stereocenters. The molecule has 1 amide bonds. The van der Waals surface area contributed by atoms with Crippen molar-refractivity contribution < 1.29 is 4.79 Å². The zero-order valence-electron chi connectivity index (χ0n) is 16.0. The molecular weight excluding hydrogens is 334 g/mol. The van der Waals surface area contributed by atoms with Gasteiger partial charge in [-0.3, -0.25) is 4.79 Å². The Bertz CT molecular complexity index is 880. The highest BCUT2D eigenvalue weighted by Crippen LogP contribution is 2.23. The first-order valence-corrected chi connectivity index (χ1v) is 9.07. The van der Waals surface area contributed by atoms with Crippen molar-refractivity contribution in [2.75, 3.05) is 10.6 Å². The van der Waals surface area contributed by atoms with E-state index in [1.807, 2.05) is 48.5 Å². The minimum Gasteiger partial charge on any atom is -0.380 e. The number of rotatable bonds is 5. The minimum absolute atomic E-state index is 0.0900. The van der Waals surface area contributed by atoms with Crippen molar-refractivity contribution in [1.82, 2.24) is 4.98 Å². The first-order valence-electron chi connectivity index (χ1n) is 9.07. The first-order chi connectivity index (χ1) is 12.9. The fraction of sp³-hybridized carbons (Fsp3) is 0.217. The van der Waals surface area contributed by atoms with Crippen LogP contribution in [0.5, 0.6) is 0 Å². The lowest BCUT2D eigenvalue weighted by atomic mass is 9.87. The number of anilines is 2. The molecule has 0 aliphatic rings. The Balaban J connectivity index is 1.58. The Kier molecular flexibility index (Phi) is 5.55. The van der Waals surface area contributed by atoms with E-state index in [2.05, 4.69) is 48.5 Å². The van der Waals surface area contributed by atoms with Gasteiger partial charge < -0.3 is 10.6 Å². The van der Waals surface area contributed by atoms with Crippen molar-refractivity contribution in [3.8, 4) is 0 Å². The molecule has 0 aliphatic heterocycles. The number of pyridine rings is 1. The predicted molar refractivity (Wildman–Crippen MR) is 111 cm³/mol. The van der Waals surface area contributed by atoms with Crippen molar-refractivity contribution in [3.05, 3.63) is 89.7 Å². The number of benzene rings is 2. The maximum atomic E-state index is 12.4. The van der Waals surface area contributed by atoms with E-state index in [-0.39, 0.29) is 11.3 Å². The molecule has 3 aromatic rings. The molecule has 27 heavy (non-hydrogen) atoms. The van der Waals surface area contributed by atoms with Gasteiger partial charge in [-0.15, -0.1) is 0 Å². The van der Waals surface area contributed by atoms with Gasteiger partial charge in [0.05, 0.1) is 11.9 Å². The molecule has 4 nitrogen and oxygen atoms in total.